The second-order valence-corrected chi connectivity index (χ2v) is 5.51. The third-order valence-corrected chi connectivity index (χ3v) is 3.62. The third-order valence-electron chi connectivity index (χ3n) is 3.38. The van der Waals surface area contributed by atoms with Gasteiger partial charge in [0, 0.05) is 17.5 Å². The summed E-state index contributed by atoms with van der Waals surface area (Å²) in [7, 11) is 1.92. The molecule has 0 saturated heterocycles. The van der Waals surface area contributed by atoms with Gasteiger partial charge in [0.05, 0.1) is 5.56 Å². The molecule has 0 aliphatic heterocycles. The zero-order chi connectivity index (χ0) is 15.8. The summed E-state index contributed by atoms with van der Waals surface area (Å²) in [6.07, 6.45) is 1.63. The molecule has 0 aliphatic carbocycles. The molecular weight excluding hydrogens is 296 g/mol. The predicted molar refractivity (Wildman–Crippen MR) is 89.3 cm³/mol. The van der Waals surface area contributed by atoms with Crippen molar-refractivity contribution in [2.24, 2.45) is 0 Å². The smallest absolute Gasteiger partial charge is 0.138 e. The Hall–Kier alpha value is -2.02. The molecule has 114 valence electrons. The Morgan fingerprint density at radius 1 is 1.23 bits per heavy atom. The van der Waals surface area contributed by atoms with Gasteiger partial charge >= 0.3 is 0 Å². The maximum Gasteiger partial charge on any atom is 0.138 e. The van der Waals surface area contributed by atoms with E-state index in [2.05, 4.69) is 23.5 Å². The molecule has 0 spiro atoms. The number of halogens is 1. The summed E-state index contributed by atoms with van der Waals surface area (Å²) in [4.78, 5) is 0. The number of ether oxygens (including phenoxy) is 1. The molecule has 3 nitrogen and oxygen atoms in total. The van der Waals surface area contributed by atoms with Crippen molar-refractivity contribution >= 4 is 11.6 Å². The van der Waals surface area contributed by atoms with Crippen LogP contribution < -0.4 is 10.1 Å². The third kappa shape index (κ3) is 4.77. The molecule has 1 atom stereocenters. The molecule has 22 heavy (non-hydrogen) atoms. The molecule has 0 radical (unpaired) electrons. The van der Waals surface area contributed by atoms with Gasteiger partial charge in [-0.15, -0.1) is 0 Å². The molecule has 1 N–H and O–H groups in total. The van der Waals surface area contributed by atoms with E-state index in [0.29, 0.717) is 16.3 Å². The van der Waals surface area contributed by atoms with Crippen LogP contribution in [0.1, 0.15) is 17.5 Å². The minimum Gasteiger partial charge on any atom is -0.489 e. The van der Waals surface area contributed by atoms with Crippen molar-refractivity contribution in [2.45, 2.75) is 18.9 Å². The van der Waals surface area contributed by atoms with Crippen molar-refractivity contribution in [1.82, 2.24) is 5.32 Å². The Morgan fingerprint density at radius 3 is 2.68 bits per heavy atom. The lowest BCUT2D eigenvalue weighted by Crippen LogP contribution is -2.25. The van der Waals surface area contributed by atoms with Gasteiger partial charge in [-0.25, -0.2) is 0 Å². The first-order valence-electron chi connectivity index (χ1n) is 7.27. The van der Waals surface area contributed by atoms with Gasteiger partial charge in [-0.3, -0.25) is 0 Å². The number of benzene rings is 2. The Morgan fingerprint density at radius 2 is 2.00 bits per heavy atom. The fourth-order valence-electron chi connectivity index (χ4n) is 2.25. The Bertz CT molecular complexity index is 637. The summed E-state index contributed by atoms with van der Waals surface area (Å²) in [5, 5.41) is 12.9. The van der Waals surface area contributed by atoms with Gasteiger partial charge in [0.15, 0.2) is 0 Å². The molecule has 2 aromatic rings. The highest BCUT2D eigenvalue weighted by molar-refractivity contribution is 6.30. The van der Waals surface area contributed by atoms with Crippen LogP contribution in [0.2, 0.25) is 5.02 Å². The number of hydrogen-bond donors (Lipinski definition) is 1. The first-order valence-corrected chi connectivity index (χ1v) is 7.65. The van der Waals surface area contributed by atoms with Crippen LogP contribution in [0.3, 0.4) is 0 Å². The Kier molecular flexibility index (Phi) is 6.27. The molecule has 0 heterocycles. The average Bonchev–Trinajstić information content (AvgIpc) is 2.54. The number of nitrogens with one attached hydrogen (secondary N) is 1. The lowest BCUT2D eigenvalue weighted by Gasteiger charge is -2.20. The maximum atomic E-state index is 9.20. The highest BCUT2D eigenvalue weighted by atomic mass is 35.5. The fourth-order valence-corrected chi connectivity index (χ4v) is 2.41. The van der Waals surface area contributed by atoms with E-state index in [0.717, 1.165) is 19.4 Å². The number of nitriles is 1. The summed E-state index contributed by atoms with van der Waals surface area (Å²) in [5.74, 6) is 0.548. The minimum atomic E-state index is -0.0135. The van der Waals surface area contributed by atoms with E-state index in [9.17, 15) is 5.26 Å². The second kappa shape index (κ2) is 8.43. The zero-order valence-corrected chi connectivity index (χ0v) is 13.3. The van der Waals surface area contributed by atoms with Crippen LogP contribution in [0.5, 0.6) is 5.75 Å². The number of nitrogens with zero attached hydrogens (tertiary/aromatic N) is 1. The molecule has 0 saturated carbocycles. The van der Waals surface area contributed by atoms with E-state index in [-0.39, 0.29) is 6.10 Å². The van der Waals surface area contributed by atoms with Gasteiger partial charge in [0.25, 0.3) is 0 Å². The van der Waals surface area contributed by atoms with Gasteiger partial charge in [-0.1, -0.05) is 41.9 Å². The lowest BCUT2D eigenvalue weighted by molar-refractivity contribution is 0.191. The minimum absolute atomic E-state index is 0.0135. The summed E-state index contributed by atoms with van der Waals surface area (Å²) in [6, 6.07) is 17.4. The predicted octanol–water partition coefficient (Wildman–Crippen LogP) is 3.81. The van der Waals surface area contributed by atoms with Gasteiger partial charge < -0.3 is 10.1 Å². The maximum absolute atomic E-state index is 9.20. The molecule has 0 aromatic heterocycles. The van der Waals surface area contributed by atoms with Crippen LogP contribution in [-0.2, 0) is 6.42 Å². The largest absolute Gasteiger partial charge is 0.489 e. The van der Waals surface area contributed by atoms with Gasteiger partial charge in [0.1, 0.15) is 17.9 Å². The van der Waals surface area contributed by atoms with Crippen LogP contribution in [0.25, 0.3) is 0 Å². The van der Waals surface area contributed by atoms with E-state index in [1.54, 1.807) is 18.2 Å². The average molecular weight is 315 g/mol. The lowest BCUT2D eigenvalue weighted by atomic mass is 10.1. The van der Waals surface area contributed by atoms with E-state index in [1.807, 2.05) is 25.2 Å². The van der Waals surface area contributed by atoms with Crippen molar-refractivity contribution in [3.63, 3.8) is 0 Å². The highest BCUT2D eigenvalue weighted by Crippen LogP contribution is 2.25. The summed E-state index contributed by atoms with van der Waals surface area (Å²) in [5.41, 5.74) is 1.72. The van der Waals surface area contributed by atoms with E-state index in [1.165, 1.54) is 5.56 Å². The van der Waals surface area contributed by atoms with Gasteiger partial charge in [0.2, 0.25) is 0 Å². The normalized spacial score (nSPS) is 11.7. The van der Waals surface area contributed by atoms with Crippen LogP contribution in [-0.4, -0.2) is 19.7 Å². The molecule has 0 bridgehead atoms. The van der Waals surface area contributed by atoms with Crippen LogP contribution in [0, 0.1) is 11.3 Å². The van der Waals surface area contributed by atoms with Crippen molar-refractivity contribution in [1.29, 1.82) is 5.26 Å². The molecule has 2 rings (SSSR count). The highest BCUT2D eigenvalue weighted by Gasteiger charge is 2.14. The number of hydrogen-bond acceptors (Lipinski definition) is 3. The molecule has 0 fully saturated rings. The quantitative estimate of drug-likeness (QED) is 0.845. The van der Waals surface area contributed by atoms with Crippen LogP contribution in [0.4, 0.5) is 0 Å². The SMILES string of the molecule is CNCCC(Cc1ccccc1)Oc1cc(Cl)ccc1C#N. The monoisotopic (exact) mass is 314 g/mol. The standard InChI is InChI=1S/C18H19ClN2O/c1-21-10-9-17(11-14-5-3-2-4-6-14)22-18-12-16(19)8-7-15(18)13-20/h2-8,12,17,21H,9-11H2,1H3. The van der Waals surface area contributed by atoms with Gasteiger partial charge in [-0.05, 0) is 37.7 Å². The van der Waals surface area contributed by atoms with Gasteiger partial charge in [-0.2, -0.15) is 5.26 Å². The van der Waals surface area contributed by atoms with E-state index in [4.69, 9.17) is 16.3 Å². The van der Waals surface area contributed by atoms with E-state index < -0.39 is 0 Å². The fraction of sp³-hybridized carbons (Fsp3) is 0.278. The van der Waals surface area contributed by atoms with E-state index >= 15 is 0 Å². The van der Waals surface area contributed by atoms with Crippen molar-refractivity contribution in [3.05, 3.63) is 64.7 Å². The molecule has 0 amide bonds. The zero-order valence-electron chi connectivity index (χ0n) is 12.6. The van der Waals surface area contributed by atoms with Crippen molar-refractivity contribution in [2.75, 3.05) is 13.6 Å². The first-order chi connectivity index (χ1) is 10.7. The molecule has 4 heteroatoms. The Labute approximate surface area is 136 Å². The first kappa shape index (κ1) is 16.4. The molecular formula is C18H19ClN2O. The number of rotatable bonds is 7. The summed E-state index contributed by atoms with van der Waals surface area (Å²) < 4.78 is 6.08. The summed E-state index contributed by atoms with van der Waals surface area (Å²) in [6.45, 7) is 0.847. The van der Waals surface area contributed by atoms with Crippen LogP contribution >= 0.6 is 11.6 Å². The molecule has 1 unspecified atom stereocenters. The molecule has 2 aromatic carbocycles. The second-order valence-electron chi connectivity index (χ2n) is 5.07. The topological polar surface area (TPSA) is 45.0 Å². The van der Waals surface area contributed by atoms with Crippen LogP contribution in [0.15, 0.2) is 48.5 Å². The Balaban J connectivity index is 2.16. The summed E-state index contributed by atoms with van der Waals surface area (Å²) >= 11 is 6.02. The molecule has 0 aliphatic rings. The van der Waals surface area contributed by atoms with Crippen molar-refractivity contribution in [3.8, 4) is 11.8 Å². The van der Waals surface area contributed by atoms with Crippen molar-refractivity contribution < 1.29 is 4.74 Å².